The summed E-state index contributed by atoms with van der Waals surface area (Å²) in [4.78, 5) is 12.9. The van der Waals surface area contributed by atoms with Crippen LogP contribution in [0.4, 0.5) is 11.4 Å². The van der Waals surface area contributed by atoms with E-state index >= 15 is 0 Å². The monoisotopic (exact) mass is 451 g/mol. The molecule has 8 nitrogen and oxygen atoms in total. The number of amides is 1. The highest BCUT2D eigenvalue weighted by atomic mass is 32.2. The molecule has 2 aromatic carbocycles. The van der Waals surface area contributed by atoms with E-state index in [1.807, 2.05) is 0 Å². The summed E-state index contributed by atoms with van der Waals surface area (Å²) < 4.78 is 53.0. The number of aryl methyl sites for hydroxylation is 1. The number of hydrogen-bond donors (Lipinski definition) is 2. The maximum atomic E-state index is 13.1. The van der Waals surface area contributed by atoms with Crippen molar-refractivity contribution >= 4 is 37.3 Å². The molecule has 1 saturated heterocycles. The van der Waals surface area contributed by atoms with Gasteiger partial charge in [-0.25, -0.2) is 16.8 Å². The Kier molecular flexibility index (Phi) is 6.49. The SMILES string of the molecule is Cc1ccc(NC(=O)c2ccccc2NS(C)(=O)=O)cc1S(=O)(=O)N1CCCCC1. The van der Waals surface area contributed by atoms with Gasteiger partial charge in [0, 0.05) is 18.8 Å². The van der Waals surface area contributed by atoms with Crippen molar-refractivity contribution in [2.24, 2.45) is 0 Å². The van der Waals surface area contributed by atoms with Crippen LogP contribution in [-0.2, 0) is 20.0 Å². The van der Waals surface area contributed by atoms with Crippen molar-refractivity contribution in [3.63, 3.8) is 0 Å². The van der Waals surface area contributed by atoms with Gasteiger partial charge in [0.2, 0.25) is 20.0 Å². The van der Waals surface area contributed by atoms with Gasteiger partial charge in [-0.15, -0.1) is 0 Å². The topological polar surface area (TPSA) is 113 Å². The zero-order valence-corrected chi connectivity index (χ0v) is 18.5. The van der Waals surface area contributed by atoms with E-state index in [1.54, 1.807) is 31.2 Å². The maximum absolute atomic E-state index is 13.1. The molecule has 162 valence electrons. The Bertz CT molecular complexity index is 1150. The molecule has 1 fully saturated rings. The Morgan fingerprint density at radius 2 is 1.63 bits per heavy atom. The minimum Gasteiger partial charge on any atom is -0.322 e. The van der Waals surface area contributed by atoms with Crippen molar-refractivity contribution in [1.82, 2.24) is 4.31 Å². The minimum absolute atomic E-state index is 0.129. The van der Waals surface area contributed by atoms with Crippen molar-refractivity contribution in [1.29, 1.82) is 0 Å². The maximum Gasteiger partial charge on any atom is 0.257 e. The summed E-state index contributed by atoms with van der Waals surface area (Å²) in [6.07, 6.45) is 3.68. The quantitative estimate of drug-likeness (QED) is 0.701. The third-order valence-corrected chi connectivity index (χ3v) is 7.48. The van der Waals surface area contributed by atoms with E-state index in [0.717, 1.165) is 25.5 Å². The van der Waals surface area contributed by atoms with E-state index in [0.29, 0.717) is 24.3 Å². The summed E-state index contributed by atoms with van der Waals surface area (Å²) >= 11 is 0. The van der Waals surface area contributed by atoms with Gasteiger partial charge in [0.15, 0.2) is 0 Å². The summed E-state index contributed by atoms with van der Waals surface area (Å²) in [6, 6.07) is 10.9. The molecule has 0 atom stereocenters. The van der Waals surface area contributed by atoms with E-state index in [-0.39, 0.29) is 16.1 Å². The van der Waals surface area contributed by atoms with Crippen LogP contribution in [0.2, 0.25) is 0 Å². The molecular weight excluding hydrogens is 426 g/mol. The Balaban J connectivity index is 1.88. The van der Waals surface area contributed by atoms with Crippen LogP contribution in [0.15, 0.2) is 47.4 Å². The fourth-order valence-corrected chi connectivity index (χ4v) is 5.71. The van der Waals surface area contributed by atoms with Crippen LogP contribution < -0.4 is 10.0 Å². The largest absolute Gasteiger partial charge is 0.322 e. The van der Waals surface area contributed by atoms with Gasteiger partial charge in [0.05, 0.1) is 22.4 Å². The zero-order valence-electron chi connectivity index (χ0n) is 16.9. The summed E-state index contributed by atoms with van der Waals surface area (Å²) in [7, 11) is -7.22. The van der Waals surface area contributed by atoms with Gasteiger partial charge in [-0.05, 0) is 49.6 Å². The Morgan fingerprint density at radius 3 is 2.30 bits per heavy atom. The number of anilines is 2. The zero-order chi connectivity index (χ0) is 21.9. The number of nitrogens with one attached hydrogen (secondary N) is 2. The summed E-state index contributed by atoms with van der Waals surface area (Å²) in [6.45, 7) is 2.69. The summed E-state index contributed by atoms with van der Waals surface area (Å²) in [5, 5.41) is 2.67. The molecule has 1 amide bonds. The van der Waals surface area contributed by atoms with Crippen molar-refractivity contribution in [2.75, 3.05) is 29.4 Å². The van der Waals surface area contributed by atoms with Gasteiger partial charge in [-0.3, -0.25) is 9.52 Å². The fourth-order valence-electron chi connectivity index (χ4n) is 3.37. The Hall–Kier alpha value is -2.43. The van der Waals surface area contributed by atoms with Crippen molar-refractivity contribution in [2.45, 2.75) is 31.1 Å². The van der Waals surface area contributed by atoms with Crippen molar-refractivity contribution < 1.29 is 21.6 Å². The normalized spacial score (nSPS) is 15.5. The number of hydrogen-bond acceptors (Lipinski definition) is 5. The molecule has 0 saturated carbocycles. The molecule has 10 heteroatoms. The van der Waals surface area contributed by atoms with Crippen molar-refractivity contribution in [3.8, 4) is 0 Å². The van der Waals surface area contributed by atoms with E-state index in [1.165, 1.54) is 22.5 Å². The molecule has 0 aromatic heterocycles. The van der Waals surface area contributed by atoms with Crippen LogP contribution in [0.5, 0.6) is 0 Å². The highest BCUT2D eigenvalue weighted by molar-refractivity contribution is 7.92. The first-order valence-electron chi connectivity index (χ1n) is 9.57. The molecule has 3 rings (SSSR count). The number of nitrogens with zero attached hydrogens (tertiary/aromatic N) is 1. The molecule has 0 bridgehead atoms. The van der Waals surface area contributed by atoms with E-state index < -0.39 is 26.0 Å². The molecule has 2 aromatic rings. The van der Waals surface area contributed by atoms with E-state index in [9.17, 15) is 21.6 Å². The first-order chi connectivity index (χ1) is 14.1. The highest BCUT2D eigenvalue weighted by Gasteiger charge is 2.27. The predicted molar refractivity (Wildman–Crippen MR) is 117 cm³/mol. The van der Waals surface area contributed by atoms with E-state index in [4.69, 9.17) is 0 Å². The van der Waals surface area contributed by atoms with Gasteiger partial charge >= 0.3 is 0 Å². The number of carbonyl (C=O) groups excluding carboxylic acids is 1. The predicted octanol–water partition coefficient (Wildman–Crippen LogP) is 2.79. The molecule has 1 aliphatic rings. The van der Waals surface area contributed by atoms with Crippen LogP contribution in [0.1, 0.15) is 35.2 Å². The smallest absolute Gasteiger partial charge is 0.257 e. The lowest BCUT2D eigenvalue weighted by molar-refractivity contribution is 0.102. The second-order valence-electron chi connectivity index (χ2n) is 7.32. The highest BCUT2D eigenvalue weighted by Crippen LogP contribution is 2.27. The Labute approximate surface area is 177 Å². The molecular formula is C20H25N3O5S2. The first kappa shape index (κ1) is 22.3. The third-order valence-electron chi connectivity index (χ3n) is 4.85. The number of piperidine rings is 1. The second kappa shape index (κ2) is 8.75. The summed E-state index contributed by atoms with van der Waals surface area (Å²) in [5.74, 6) is -0.549. The Morgan fingerprint density at radius 1 is 0.967 bits per heavy atom. The first-order valence-corrected chi connectivity index (χ1v) is 12.9. The lowest BCUT2D eigenvalue weighted by Crippen LogP contribution is -2.36. The fraction of sp³-hybridized carbons (Fsp3) is 0.350. The standard InChI is InChI=1S/C20H25N3O5S2/c1-15-10-11-16(14-19(15)30(27,28)23-12-6-3-7-13-23)21-20(24)17-8-4-5-9-18(17)22-29(2,25)26/h4-5,8-11,14,22H,3,6-7,12-13H2,1-2H3,(H,21,24). The number of carbonyl (C=O) groups is 1. The van der Waals surface area contributed by atoms with Gasteiger partial charge in [-0.2, -0.15) is 4.31 Å². The van der Waals surface area contributed by atoms with Crippen LogP contribution in [0.3, 0.4) is 0 Å². The van der Waals surface area contributed by atoms with Gasteiger partial charge in [0.1, 0.15) is 0 Å². The molecule has 0 unspecified atom stereocenters. The molecule has 2 N–H and O–H groups in total. The molecule has 0 aliphatic carbocycles. The average Bonchev–Trinajstić information content (AvgIpc) is 2.69. The minimum atomic E-state index is -3.66. The van der Waals surface area contributed by atoms with Gasteiger partial charge in [0.25, 0.3) is 5.91 Å². The average molecular weight is 452 g/mol. The van der Waals surface area contributed by atoms with Crippen molar-refractivity contribution in [3.05, 3.63) is 53.6 Å². The molecule has 30 heavy (non-hydrogen) atoms. The molecule has 0 spiro atoms. The van der Waals surface area contributed by atoms with Crippen LogP contribution in [0, 0.1) is 6.92 Å². The van der Waals surface area contributed by atoms with Crippen LogP contribution >= 0.6 is 0 Å². The van der Waals surface area contributed by atoms with Gasteiger partial charge < -0.3 is 5.32 Å². The third kappa shape index (κ3) is 5.18. The van der Waals surface area contributed by atoms with Crippen LogP contribution in [0.25, 0.3) is 0 Å². The number of benzene rings is 2. The number of sulfonamides is 2. The van der Waals surface area contributed by atoms with E-state index in [2.05, 4.69) is 10.0 Å². The summed E-state index contributed by atoms with van der Waals surface area (Å²) in [5.41, 5.74) is 1.18. The second-order valence-corrected chi connectivity index (χ2v) is 11.0. The number of para-hydroxylation sites is 1. The lowest BCUT2D eigenvalue weighted by Gasteiger charge is -2.26. The number of rotatable bonds is 6. The molecule has 1 heterocycles. The lowest BCUT2D eigenvalue weighted by atomic mass is 10.1. The molecule has 0 radical (unpaired) electrons. The molecule has 1 aliphatic heterocycles. The van der Waals surface area contributed by atoms with Crippen LogP contribution in [-0.4, -0.2) is 46.4 Å². The van der Waals surface area contributed by atoms with Gasteiger partial charge in [-0.1, -0.05) is 24.6 Å².